The average Bonchev–Trinajstić information content (AvgIpc) is 3.07. The highest BCUT2D eigenvalue weighted by Crippen LogP contribution is 2.44. The molecular weight excluding hydrogens is 360 g/mol. The van der Waals surface area contributed by atoms with Crippen molar-refractivity contribution < 1.29 is 28.9 Å². The minimum absolute atomic E-state index is 0.00504. The molecular formula is C22H28O6. The van der Waals surface area contributed by atoms with Crippen LogP contribution >= 0.6 is 0 Å². The molecule has 1 aromatic carbocycles. The lowest BCUT2D eigenvalue weighted by Gasteiger charge is -2.32. The molecule has 2 aliphatic rings. The van der Waals surface area contributed by atoms with E-state index < -0.39 is 5.92 Å². The highest BCUT2D eigenvalue weighted by atomic mass is 16.7. The van der Waals surface area contributed by atoms with E-state index in [1.54, 1.807) is 12.1 Å². The molecule has 28 heavy (non-hydrogen) atoms. The molecule has 1 N–H and O–H groups in total. The van der Waals surface area contributed by atoms with Gasteiger partial charge in [0.2, 0.25) is 6.79 Å². The van der Waals surface area contributed by atoms with Crippen LogP contribution in [-0.2, 0) is 14.3 Å². The lowest BCUT2D eigenvalue weighted by Crippen LogP contribution is -2.29. The van der Waals surface area contributed by atoms with E-state index in [2.05, 4.69) is 0 Å². The Morgan fingerprint density at radius 1 is 1.25 bits per heavy atom. The van der Waals surface area contributed by atoms with Crippen LogP contribution in [0.2, 0.25) is 0 Å². The number of unbranched alkanes of at least 4 members (excludes halogenated alkanes) is 1. The second kappa shape index (κ2) is 8.25. The van der Waals surface area contributed by atoms with E-state index in [-0.39, 0.29) is 36.1 Å². The molecule has 0 aromatic heterocycles. The predicted octanol–water partition coefficient (Wildman–Crippen LogP) is 4.43. The minimum Gasteiger partial charge on any atom is -0.512 e. The first-order valence-electron chi connectivity index (χ1n) is 9.81. The first-order valence-corrected chi connectivity index (χ1v) is 9.81. The molecule has 6 heteroatoms. The van der Waals surface area contributed by atoms with Gasteiger partial charge in [0.05, 0.1) is 13.0 Å². The summed E-state index contributed by atoms with van der Waals surface area (Å²) in [4.78, 5) is 25.3. The van der Waals surface area contributed by atoms with Gasteiger partial charge in [-0.25, -0.2) is 0 Å². The summed E-state index contributed by atoms with van der Waals surface area (Å²) < 4.78 is 16.1. The molecule has 1 atom stereocenters. The zero-order valence-corrected chi connectivity index (χ0v) is 16.7. The van der Waals surface area contributed by atoms with Crippen LogP contribution in [0.3, 0.4) is 0 Å². The quantitative estimate of drug-likeness (QED) is 0.549. The van der Waals surface area contributed by atoms with Gasteiger partial charge in [-0.15, -0.1) is 0 Å². The fourth-order valence-corrected chi connectivity index (χ4v) is 3.77. The number of hydrogen-bond acceptors (Lipinski definition) is 6. The van der Waals surface area contributed by atoms with Crippen molar-refractivity contribution in [2.75, 3.05) is 13.4 Å². The van der Waals surface area contributed by atoms with Crippen LogP contribution in [-0.4, -0.2) is 30.3 Å². The van der Waals surface area contributed by atoms with Crippen molar-refractivity contribution in [2.45, 2.75) is 58.8 Å². The Hall–Kier alpha value is -2.50. The molecule has 0 saturated carbocycles. The van der Waals surface area contributed by atoms with Gasteiger partial charge in [0.1, 0.15) is 5.76 Å². The Kier molecular flexibility index (Phi) is 5.96. The second-order valence-electron chi connectivity index (χ2n) is 8.24. The van der Waals surface area contributed by atoms with Crippen LogP contribution in [0.1, 0.15) is 64.4 Å². The SMILES string of the molecule is CCCCOC(=O)CC(C1=C(O)CC(C)(C)CC1=O)c1ccc2c(c1)OCO2. The van der Waals surface area contributed by atoms with Crippen LogP contribution in [0, 0.1) is 5.41 Å². The Balaban J connectivity index is 1.93. The summed E-state index contributed by atoms with van der Waals surface area (Å²) in [6, 6.07) is 5.35. The van der Waals surface area contributed by atoms with Gasteiger partial charge in [-0.05, 0) is 29.5 Å². The van der Waals surface area contributed by atoms with E-state index in [0.29, 0.717) is 36.5 Å². The maximum Gasteiger partial charge on any atom is 0.306 e. The highest BCUT2D eigenvalue weighted by molar-refractivity contribution is 5.99. The molecule has 0 radical (unpaired) electrons. The summed E-state index contributed by atoms with van der Waals surface area (Å²) in [5, 5.41) is 10.7. The molecule has 0 amide bonds. The van der Waals surface area contributed by atoms with Crippen molar-refractivity contribution in [3.8, 4) is 11.5 Å². The minimum atomic E-state index is -0.577. The van der Waals surface area contributed by atoms with Crippen LogP contribution in [0.4, 0.5) is 0 Å². The molecule has 3 rings (SSSR count). The zero-order valence-electron chi connectivity index (χ0n) is 16.7. The van der Waals surface area contributed by atoms with E-state index in [1.165, 1.54) is 0 Å². The smallest absolute Gasteiger partial charge is 0.306 e. The van der Waals surface area contributed by atoms with Crippen molar-refractivity contribution in [1.29, 1.82) is 0 Å². The molecule has 152 valence electrons. The van der Waals surface area contributed by atoms with Gasteiger partial charge in [0.15, 0.2) is 17.3 Å². The molecule has 1 aliphatic heterocycles. The Labute approximate surface area is 165 Å². The Morgan fingerprint density at radius 3 is 2.71 bits per heavy atom. The third-order valence-corrected chi connectivity index (χ3v) is 5.18. The molecule has 0 fully saturated rings. The topological polar surface area (TPSA) is 82.1 Å². The lowest BCUT2D eigenvalue weighted by molar-refractivity contribution is -0.144. The summed E-state index contributed by atoms with van der Waals surface area (Å²) in [5.41, 5.74) is 0.739. The number of carbonyl (C=O) groups excluding carboxylic acids is 2. The van der Waals surface area contributed by atoms with Gasteiger partial charge in [-0.2, -0.15) is 0 Å². The van der Waals surface area contributed by atoms with Crippen LogP contribution in [0.25, 0.3) is 0 Å². The van der Waals surface area contributed by atoms with Crippen molar-refractivity contribution >= 4 is 11.8 Å². The summed E-state index contributed by atoms with van der Waals surface area (Å²) in [6.45, 7) is 6.42. The third kappa shape index (κ3) is 4.49. The number of hydrogen-bond donors (Lipinski definition) is 1. The van der Waals surface area contributed by atoms with Crippen LogP contribution in [0.15, 0.2) is 29.5 Å². The number of allylic oxidation sites excluding steroid dienone is 2. The van der Waals surface area contributed by atoms with E-state index >= 15 is 0 Å². The van der Waals surface area contributed by atoms with Gasteiger partial charge in [0, 0.05) is 24.3 Å². The largest absolute Gasteiger partial charge is 0.512 e. The molecule has 0 saturated heterocycles. The monoisotopic (exact) mass is 388 g/mol. The number of esters is 1. The number of rotatable bonds is 7. The molecule has 0 bridgehead atoms. The second-order valence-corrected chi connectivity index (χ2v) is 8.24. The van der Waals surface area contributed by atoms with Gasteiger partial charge in [0.25, 0.3) is 0 Å². The number of Topliss-reactive ketones (excluding diaryl/α,β-unsaturated/α-hetero) is 1. The average molecular weight is 388 g/mol. The predicted molar refractivity (Wildman–Crippen MR) is 103 cm³/mol. The summed E-state index contributed by atoms with van der Waals surface area (Å²) in [6.07, 6.45) is 2.45. The van der Waals surface area contributed by atoms with E-state index in [1.807, 2.05) is 26.8 Å². The molecule has 0 spiro atoms. The zero-order chi connectivity index (χ0) is 20.3. The molecule has 6 nitrogen and oxygen atoms in total. The lowest BCUT2D eigenvalue weighted by atomic mass is 9.72. The normalized spacial score (nSPS) is 18.9. The molecule has 1 heterocycles. The summed E-state index contributed by atoms with van der Waals surface area (Å²) in [7, 11) is 0. The number of benzene rings is 1. The van der Waals surface area contributed by atoms with Crippen LogP contribution in [0.5, 0.6) is 11.5 Å². The van der Waals surface area contributed by atoms with Crippen LogP contribution < -0.4 is 9.47 Å². The standard InChI is InChI=1S/C22H28O6/c1-4-5-8-26-20(25)10-15(14-6-7-18-19(9-14)28-13-27-18)21-16(23)11-22(2,3)12-17(21)24/h6-7,9,15,23H,4-5,8,10-13H2,1-3H3. The maximum absolute atomic E-state index is 12.9. The van der Waals surface area contributed by atoms with Gasteiger partial charge >= 0.3 is 5.97 Å². The number of aliphatic hydroxyl groups excluding tert-OH is 1. The number of ether oxygens (including phenoxy) is 3. The number of carbonyl (C=O) groups is 2. The van der Waals surface area contributed by atoms with Crippen molar-refractivity contribution in [1.82, 2.24) is 0 Å². The Bertz CT molecular complexity index is 792. The first kappa shape index (κ1) is 20.2. The van der Waals surface area contributed by atoms with Crippen molar-refractivity contribution in [3.63, 3.8) is 0 Å². The fourth-order valence-electron chi connectivity index (χ4n) is 3.77. The number of ketones is 1. The molecule has 1 unspecified atom stereocenters. The number of aliphatic hydroxyl groups is 1. The van der Waals surface area contributed by atoms with Crippen molar-refractivity contribution in [2.24, 2.45) is 5.41 Å². The van der Waals surface area contributed by atoms with Gasteiger partial charge < -0.3 is 19.3 Å². The molecule has 1 aromatic rings. The molecule has 1 aliphatic carbocycles. The van der Waals surface area contributed by atoms with E-state index in [0.717, 1.165) is 18.4 Å². The summed E-state index contributed by atoms with van der Waals surface area (Å²) >= 11 is 0. The fraction of sp³-hybridized carbons (Fsp3) is 0.545. The third-order valence-electron chi connectivity index (χ3n) is 5.18. The first-order chi connectivity index (χ1) is 13.3. The highest BCUT2D eigenvalue weighted by Gasteiger charge is 2.38. The van der Waals surface area contributed by atoms with E-state index in [4.69, 9.17) is 14.2 Å². The number of fused-ring (bicyclic) bond motifs is 1. The van der Waals surface area contributed by atoms with Gasteiger partial charge in [-0.1, -0.05) is 33.3 Å². The Morgan fingerprint density at radius 2 is 2.00 bits per heavy atom. The summed E-state index contributed by atoms with van der Waals surface area (Å²) in [5.74, 6) is 0.178. The maximum atomic E-state index is 12.9. The van der Waals surface area contributed by atoms with Crippen molar-refractivity contribution in [3.05, 3.63) is 35.1 Å². The van der Waals surface area contributed by atoms with Gasteiger partial charge in [-0.3, -0.25) is 9.59 Å². The van der Waals surface area contributed by atoms with E-state index in [9.17, 15) is 14.7 Å².